The van der Waals surface area contributed by atoms with Crippen LogP contribution < -0.4 is 5.56 Å². The molecule has 122 valence electrons. The Morgan fingerprint density at radius 3 is 2.76 bits per heavy atom. The largest absolute Gasteiger partial charge is 0.331 e. The zero-order chi connectivity index (χ0) is 17.8. The van der Waals surface area contributed by atoms with Crippen LogP contribution in [-0.4, -0.2) is 19.9 Å². The minimum atomic E-state index is -0.509. The van der Waals surface area contributed by atoms with Crippen LogP contribution in [0.15, 0.2) is 41.3 Å². The van der Waals surface area contributed by atoms with E-state index in [-0.39, 0.29) is 10.3 Å². The van der Waals surface area contributed by atoms with Crippen LogP contribution >= 0.6 is 12.2 Å². The van der Waals surface area contributed by atoms with Gasteiger partial charge in [-0.2, -0.15) is 5.26 Å². The van der Waals surface area contributed by atoms with Crippen molar-refractivity contribution in [2.24, 2.45) is 0 Å². The standard InChI is InChI=1S/C18H13N5OS/c1-11-20-9-8-16(21-11)13-5-3-2-4-12(13)6-7-15-14(10-19)17(24)23-18(25)22-15/h2-9H,1H3,(H2,22,23,24,25)/b7-6+. The molecular formula is C18H13N5OS. The lowest BCUT2D eigenvalue weighted by atomic mass is 10.0. The highest BCUT2D eigenvalue weighted by atomic mass is 32.1. The van der Waals surface area contributed by atoms with Gasteiger partial charge in [-0.25, -0.2) is 9.97 Å². The molecule has 2 aromatic heterocycles. The average molecular weight is 347 g/mol. The number of aromatic amines is 2. The predicted molar refractivity (Wildman–Crippen MR) is 98.1 cm³/mol. The third kappa shape index (κ3) is 3.59. The highest BCUT2D eigenvalue weighted by Crippen LogP contribution is 2.23. The van der Waals surface area contributed by atoms with Gasteiger partial charge in [0.25, 0.3) is 5.56 Å². The second-order valence-electron chi connectivity index (χ2n) is 5.22. The van der Waals surface area contributed by atoms with Gasteiger partial charge in [0, 0.05) is 11.8 Å². The molecule has 3 rings (SSSR count). The molecule has 0 fully saturated rings. The first-order valence-electron chi connectivity index (χ1n) is 7.42. The number of rotatable bonds is 3. The van der Waals surface area contributed by atoms with Crippen molar-refractivity contribution in [3.05, 3.63) is 74.3 Å². The molecule has 0 atom stereocenters. The van der Waals surface area contributed by atoms with E-state index in [9.17, 15) is 10.1 Å². The van der Waals surface area contributed by atoms with Gasteiger partial charge in [-0.05, 0) is 36.8 Å². The lowest BCUT2D eigenvalue weighted by Crippen LogP contribution is -2.13. The quantitative estimate of drug-likeness (QED) is 0.709. The SMILES string of the molecule is Cc1nccc(-c2ccccc2/C=C/c2[nH]c(=S)[nH]c(=O)c2C#N)n1. The van der Waals surface area contributed by atoms with Crippen LogP contribution in [0, 0.1) is 23.0 Å². The normalized spacial score (nSPS) is 10.7. The summed E-state index contributed by atoms with van der Waals surface area (Å²) >= 11 is 4.97. The molecule has 6 nitrogen and oxygen atoms in total. The number of nitrogens with one attached hydrogen (secondary N) is 2. The van der Waals surface area contributed by atoms with Gasteiger partial charge in [0.05, 0.1) is 11.4 Å². The van der Waals surface area contributed by atoms with Crippen LogP contribution in [0.4, 0.5) is 0 Å². The van der Waals surface area contributed by atoms with Crippen molar-refractivity contribution >= 4 is 24.4 Å². The van der Waals surface area contributed by atoms with Crippen molar-refractivity contribution in [2.75, 3.05) is 0 Å². The van der Waals surface area contributed by atoms with Crippen molar-refractivity contribution in [1.29, 1.82) is 5.26 Å². The zero-order valence-electron chi connectivity index (χ0n) is 13.3. The molecular weight excluding hydrogens is 334 g/mol. The molecule has 3 aromatic rings. The van der Waals surface area contributed by atoms with Crippen molar-refractivity contribution < 1.29 is 0 Å². The number of aromatic nitrogens is 4. The van der Waals surface area contributed by atoms with E-state index in [1.165, 1.54) is 0 Å². The Labute approximate surface area is 148 Å². The van der Waals surface area contributed by atoms with Crippen LogP contribution in [0.1, 0.15) is 22.6 Å². The molecule has 0 aliphatic carbocycles. The summed E-state index contributed by atoms with van der Waals surface area (Å²) in [5.41, 5.74) is 2.46. The molecule has 0 spiro atoms. The summed E-state index contributed by atoms with van der Waals surface area (Å²) in [5, 5.41) is 9.18. The molecule has 25 heavy (non-hydrogen) atoms. The number of hydrogen-bond donors (Lipinski definition) is 2. The van der Waals surface area contributed by atoms with E-state index in [2.05, 4.69) is 19.9 Å². The van der Waals surface area contributed by atoms with E-state index in [0.717, 1.165) is 16.8 Å². The van der Waals surface area contributed by atoms with Crippen LogP contribution in [-0.2, 0) is 0 Å². The van der Waals surface area contributed by atoms with Crippen LogP contribution in [0.5, 0.6) is 0 Å². The number of nitriles is 1. The van der Waals surface area contributed by atoms with E-state index in [4.69, 9.17) is 12.2 Å². The molecule has 0 saturated carbocycles. The molecule has 0 amide bonds. The fourth-order valence-corrected chi connectivity index (χ4v) is 2.60. The summed E-state index contributed by atoms with van der Waals surface area (Å²) in [6.07, 6.45) is 5.18. The second kappa shape index (κ2) is 7.03. The Morgan fingerprint density at radius 2 is 2.00 bits per heavy atom. The molecule has 1 aromatic carbocycles. The zero-order valence-corrected chi connectivity index (χ0v) is 14.1. The fourth-order valence-electron chi connectivity index (χ4n) is 2.39. The summed E-state index contributed by atoms with van der Waals surface area (Å²) in [4.78, 5) is 25.6. The minimum absolute atomic E-state index is 0.0137. The van der Waals surface area contributed by atoms with Gasteiger partial charge in [0.1, 0.15) is 17.5 Å². The fraction of sp³-hybridized carbons (Fsp3) is 0.0556. The monoisotopic (exact) mass is 347 g/mol. The summed E-state index contributed by atoms with van der Waals surface area (Å²) in [6, 6.07) is 11.4. The second-order valence-corrected chi connectivity index (χ2v) is 5.63. The van der Waals surface area contributed by atoms with Gasteiger partial charge in [-0.15, -0.1) is 0 Å². The van der Waals surface area contributed by atoms with Crippen molar-refractivity contribution in [3.63, 3.8) is 0 Å². The molecule has 0 aliphatic rings. The summed E-state index contributed by atoms with van der Waals surface area (Å²) < 4.78 is 0.170. The van der Waals surface area contributed by atoms with Gasteiger partial charge in [0.15, 0.2) is 4.77 Å². The molecule has 0 unspecified atom stereocenters. The Balaban J connectivity index is 2.09. The van der Waals surface area contributed by atoms with Crippen molar-refractivity contribution in [2.45, 2.75) is 6.92 Å². The maximum absolute atomic E-state index is 11.8. The van der Waals surface area contributed by atoms with E-state index in [1.54, 1.807) is 12.3 Å². The maximum atomic E-state index is 11.8. The van der Waals surface area contributed by atoms with E-state index < -0.39 is 5.56 Å². The van der Waals surface area contributed by atoms with Gasteiger partial charge < -0.3 is 4.98 Å². The molecule has 0 radical (unpaired) electrons. The van der Waals surface area contributed by atoms with Crippen LogP contribution in [0.3, 0.4) is 0 Å². The van der Waals surface area contributed by atoms with Gasteiger partial charge >= 0.3 is 0 Å². The molecule has 0 bridgehead atoms. The van der Waals surface area contributed by atoms with Crippen molar-refractivity contribution in [3.8, 4) is 17.3 Å². The molecule has 2 heterocycles. The first kappa shape index (κ1) is 16.5. The van der Waals surface area contributed by atoms with Crippen LogP contribution in [0.2, 0.25) is 0 Å². The molecule has 0 saturated heterocycles. The Hall–Kier alpha value is -3.37. The highest BCUT2D eigenvalue weighted by molar-refractivity contribution is 7.71. The number of benzene rings is 1. The van der Waals surface area contributed by atoms with Crippen molar-refractivity contribution in [1.82, 2.24) is 19.9 Å². The predicted octanol–water partition coefficient (Wildman–Crippen LogP) is 3.24. The first-order valence-corrected chi connectivity index (χ1v) is 7.83. The van der Waals surface area contributed by atoms with Crippen LogP contribution in [0.25, 0.3) is 23.4 Å². The molecule has 2 N–H and O–H groups in total. The average Bonchev–Trinajstić information content (AvgIpc) is 2.60. The first-order chi connectivity index (χ1) is 12.1. The molecule has 7 heteroatoms. The molecule has 0 aliphatic heterocycles. The summed E-state index contributed by atoms with van der Waals surface area (Å²) in [5.74, 6) is 0.682. The third-order valence-electron chi connectivity index (χ3n) is 3.53. The van der Waals surface area contributed by atoms with Gasteiger partial charge in [-0.1, -0.05) is 30.3 Å². The summed E-state index contributed by atoms with van der Waals surface area (Å²) in [6.45, 7) is 1.83. The number of H-pyrrole nitrogens is 2. The summed E-state index contributed by atoms with van der Waals surface area (Å²) in [7, 11) is 0. The van der Waals surface area contributed by atoms with E-state index in [1.807, 2.05) is 49.4 Å². The third-order valence-corrected chi connectivity index (χ3v) is 3.73. The van der Waals surface area contributed by atoms with E-state index in [0.29, 0.717) is 11.5 Å². The van der Waals surface area contributed by atoms with Gasteiger partial charge in [-0.3, -0.25) is 9.78 Å². The lowest BCUT2D eigenvalue weighted by molar-refractivity contribution is 1.06. The van der Waals surface area contributed by atoms with E-state index >= 15 is 0 Å². The number of hydrogen-bond acceptors (Lipinski definition) is 5. The maximum Gasteiger partial charge on any atom is 0.270 e. The highest BCUT2D eigenvalue weighted by Gasteiger charge is 2.07. The lowest BCUT2D eigenvalue weighted by Gasteiger charge is -2.06. The minimum Gasteiger partial charge on any atom is -0.331 e. The topological polar surface area (TPSA) is 98.2 Å². The Morgan fingerprint density at radius 1 is 1.20 bits per heavy atom. The smallest absolute Gasteiger partial charge is 0.270 e. The number of nitrogens with zero attached hydrogens (tertiary/aromatic N) is 3. The Kier molecular flexibility index (Phi) is 4.64. The Bertz CT molecular complexity index is 1120. The number of aryl methyl sites for hydroxylation is 1. The van der Waals surface area contributed by atoms with Gasteiger partial charge in [0.2, 0.25) is 0 Å².